The summed E-state index contributed by atoms with van der Waals surface area (Å²) in [5.74, 6) is 0.212. The molecule has 1 aromatic rings. The van der Waals surface area contributed by atoms with E-state index >= 15 is 0 Å². The molecule has 1 aliphatic carbocycles. The minimum absolute atomic E-state index is 0.0586. The maximum atomic E-state index is 11.7. The van der Waals surface area contributed by atoms with Gasteiger partial charge in [-0.15, -0.1) is 0 Å². The quantitative estimate of drug-likeness (QED) is 0.747. The lowest BCUT2D eigenvalue weighted by atomic mass is 10.1. The molecule has 0 heterocycles. The number of rotatable bonds is 6. The van der Waals surface area contributed by atoms with Gasteiger partial charge in [-0.05, 0) is 24.1 Å². The van der Waals surface area contributed by atoms with Crippen molar-refractivity contribution in [1.29, 1.82) is 0 Å². The maximum absolute atomic E-state index is 11.7. The Labute approximate surface area is 133 Å². The van der Waals surface area contributed by atoms with Crippen LogP contribution in [0.1, 0.15) is 17.9 Å². The molecule has 2 rings (SSSR count). The SMILES string of the molecule is COC[C@@H](O)CNC(=O)N[C@@H]1C[C@H]1c1ccc(Cl)cc1Cl. The van der Waals surface area contributed by atoms with Crippen LogP contribution in [0, 0.1) is 0 Å². The van der Waals surface area contributed by atoms with Crippen LogP contribution in [-0.4, -0.2) is 43.5 Å². The highest BCUT2D eigenvalue weighted by Gasteiger charge is 2.40. The van der Waals surface area contributed by atoms with Gasteiger partial charge in [0.15, 0.2) is 0 Å². The number of aliphatic hydroxyl groups excluding tert-OH is 1. The van der Waals surface area contributed by atoms with Crippen molar-refractivity contribution in [3.63, 3.8) is 0 Å². The second-order valence-corrected chi connectivity index (χ2v) is 5.92. The van der Waals surface area contributed by atoms with Gasteiger partial charge in [-0.3, -0.25) is 0 Å². The third-order valence-electron chi connectivity index (χ3n) is 3.33. The van der Waals surface area contributed by atoms with E-state index in [1.54, 1.807) is 12.1 Å². The summed E-state index contributed by atoms with van der Waals surface area (Å²) < 4.78 is 4.78. The van der Waals surface area contributed by atoms with Crippen LogP contribution in [0.15, 0.2) is 18.2 Å². The molecule has 21 heavy (non-hydrogen) atoms. The van der Waals surface area contributed by atoms with Crippen molar-refractivity contribution in [3.05, 3.63) is 33.8 Å². The molecule has 0 unspecified atom stereocenters. The minimum Gasteiger partial charge on any atom is -0.389 e. The molecule has 0 radical (unpaired) electrons. The zero-order chi connectivity index (χ0) is 15.4. The molecule has 3 atom stereocenters. The summed E-state index contributed by atoms with van der Waals surface area (Å²) in [7, 11) is 1.49. The van der Waals surface area contributed by atoms with Crippen LogP contribution in [0.3, 0.4) is 0 Å². The lowest BCUT2D eigenvalue weighted by molar-refractivity contribution is 0.0659. The predicted octanol–water partition coefficient (Wildman–Crippen LogP) is 2.16. The van der Waals surface area contributed by atoms with Crippen molar-refractivity contribution in [1.82, 2.24) is 10.6 Å². The average molecular weight is 333 g/mol. The number of aliphatic hydroxyl groups is 1. The lowest BCUT2D eigenvalue weighted by Crippen LogP contribution is -2.42. The minimum atomic E-state index is -0.707. The summed E-state index contributed by atoms with van der Waals surface area (Å²) in [5.41, 5.74) is 0.991. The van der Waals surface area contributed by atoms with Crippen LogP contribution in [0.4, 0.5) is 4.79 Å². The number of amides is 2. The molecule has 0 aromatic heterocycles. The zero-order valence-electron chi connectivity index (χ0n) is 11.6. The molecule has 0 bridgehead atoms. The highest BCUT2D eigenvalue weighted by atomic mass is 35.5. The Balaban J connectivity index is 1.77. The molecule has 0 aliphatic heterocycles. The van der Waals surface area contributed by atoms with Crippen molar-refractivity contribution in [3.8, 4) is 0 Å². The predicted molar refractivity (Wildman–Crippen MR) is 82.0 cm³/mol. The topological polar surface area (TPSA) is 70.6 Å². The summed E-state index contributed by atoms with van der Waals surface area (Å²) in [5, 5.41) is 16.1. The first-order chi connectivity index (χ1) is 10.0. The van der Waals surface area contributed by atoms with E-state index in [1.165, 1.54) is 7.11 Å². The average Bonchev–Trinajstić information content (AvgIpc) is 3.15. The van der Waals surface area contributed by atoms with Crippen molar-refractivity contribution in [2.45, 2.75) is 24.5 Å². The smallest absolute Gasteiger partial charge is 0.315 e. The Bertz CT molecular complexity index is 513. The van der Waals surface area contributed by atoms with Crippen LogP contribution in [0.2, 0.25) is 10.0 Å². The van der Waals surface area contributed by atoms with Gasteiger partial charge in [0.05, 0.1) is 12.7 Å². The summed E-state index contributed by atoms with van der Waals surface area (Å²) >= 11 is 12.0. The number of benzene rings is 1. The Morgan fingerprint density at radius 1 is 1.52 bits per heavy atom. The normalized spacial score (nSPS) is 21.7. The molecule has 0 saturated heterocycles. The van der Waals surface area contributed by atoms with Gasteiger partial charge in [-0.1, -0.05) is 29.3 Å². The van der Waals surface area contributed by atoms with E-state index in [1.807, 2.05) is 6.07 Å². The molecule has 3 N–H and O–H groups in total. The van der Waals surface area contributed by atoms with Crippen LogP contribution >= 0.6 is 23.2 Å². The largest absolute Gasteiger partial charge is 0.389 e. The number of nitrogens with one attached hydrogen (secondary N) is 2. The highest BCUT2D eigenvalue weighted by Crippen LogP contribution is 2.44. The van der Waals surface area contributed by atoms with Gasteiger partial charge in [0.25, 0.3) is 0 Å². The lowest BCUT2D eigenvalue weighted by Gasteiger charge is -2.12. The molecule has 1 fully saturated rings. The summed E-state index contributed by atoms with van der Waals surface area (Å²) in [6.45, 7) is 0.339. The Hall–Kier alpha value is -1.01. The van der Waals surface area contributed by atoms with E-state index in [4.69, 9.17) is 27.9 Å². The van der Waals surface area contributed by atoms with E-state index in [0.717, 1.165) is 12.0 Å². The monoisotopic (exact) mass is 332 g/mol. The van der Waals surface area contributed by atoms with E-state index in [-0.39, 0.29) is 31.1 Å². The van der Waals surface area contributed by atoms with Crippen LogP contribution in [0.5, 0.6) is 0 Å². The standard InChI is InChI=1S/C14H18Cl2N2O3/c1-21-7-9(19)6-17-14(20)18-13-5-11(13)10-3-2-8(15)4-12(10)16/h2-4,9,11,13,19H,5-7H2,1H3,(H2,17,18,20)/t9-,11-,13+/m0/s1. The number of ether oxygens (including phenoxy) is 1. The fourth-order valence-electron chi connectivity index (χ4n) is 2.18. The van der Waals surface area contributed by atoms with Gasteiger partial charge in [-0.25, -0.2) is 4.79 Å². The number of methoxy groups -OCH3 is 1. The van der Waals surface area contributed by atoms with E-state index in [9.17, 15) is 9.90 Å². The number of urea groups is 1. The Morgan fingerprint density at radius 2 is 2.29 bits per heavy atom. The first kappa shape index (κ1) is 16.4. The maximum Gasteiger partial charge on any atom is 0.315 e. The Kier molecular flexibility index (Phi) is 5.70. The second kappa shape index (κ2) is 7.31. The van der Waals surface area contributed by atoms with Gasteiger partial charge in [-0.2, -0.15) is 0 Å². The highest BCUT2D eigenvalue weighted by molar-refractivity contribution is 6.35. The van der Waals surface area contributed by atoms with Crippen LogP contribution < -0.4 is 10.6 Å². The van der Waals surface area contributed by atoms with Gasteiger partial charge < -0.3 is 20.5 Å². The summed E-state index contributed by atoms with van der Waals surface area (Å²) in [6, 6.07) is 5.14. The third kappa shape index (κ3) is 4.74. The Morgan fingerprint density at radius 3 is 2.95 bits per heavy atom. The van der Waals surface area contributed by atoms with Crippen LogP contribution in [0.25, 0.3) is 0 Å². The van der Waals surface area contributed by atoms with E-state index < -0.39 is 6.10 Å². The number of halogens is 2. The van der Waals surface area contributed by atoms with Gasteiger partial charge in [0, 0.05) is 35.7 Å². The van der Waals surface area contributed by atoms with Gasteiger partial charge in [0.1, 0.15) is 0 Å². The van der Waals surface area contributed by atoms with E-state index in [2.05, 4.69) is 10.6 Å². The molecular formula is C14H18Cl2N2O3. The molecule has 7 heteroatoms. The molecule has 1 aliphatic rings. The molecule has 116 valence electrons. The number of hydrogen-bond acceptors (Lipinski definition) is 3. The zero-order valence-corrected chi connectivity index (χ0v) is 13.1. The van der Waals surface area contributed by atoms with Crippen molar-refractivity contribution in [2.75, 3.05) is 20.3 Å². The molecule has 5 nitrogen and oxygen atoms in total. The van der Waals surface area contributed by atoms with E-state index in [0.29, 0.717) is 10.0 Å². The summed E-state index contributed by atoms with van der Waals surface area (Å²) in [4.78, 5) is 11.7. The number of carbonyl (C=O) groups is 1. The molecule has 1 aromatic carbocycles. The fraction of sp³-hybridized carbons (Fsp3) is 0.500. The second-order valence-electron chi connectivity index (χ2n) is 5.08. The van der Waals surface area contributed by atoms with Crippen molar-refractivity contribution in [2.24, 2.45) is 0 Å². The number of hydrogen-bond donors (Lipinski definition) is 3. The van der Waals surface area contributed by atoms with Gasteiger partial charge >= 0.3 is 6.03 Å². The van der Waals surface area contributed by atoms with Crippen molar-refractivity contribution >= 4 is 29.2 Å². The van der Waals surface area contributed by atoms with Crippen LogP contribution in [-0.2, 0) is 4.74 Å². The molecule has 1 saturated carbocycles. The van der Waals surface area contributed by atoms with Crippen molar-refractivity contribution < 1.29 is 14.6 Å². The number of carbonyl (C=O) groups excluding carboxylic acids is 1. The molecule has 0 spiro atoms. The fourth-order valence-corrected chi connectivity index (χ4v) is 2.73. The van der Waals surface area contributed by atoms with Gasteiger partial charge in [0.2, 0.25) is 0 Å². The third-order valence-corrected chi connectivity index (χ3v) is 3.89. The first-order valence-electron chi connectivity index (χ1n) is 6.67. The summed E-state index contributed by atoms with van der Waals surface area (Å²) in [6.07, 6.45) is 0.136. The molecular weight excluding hydrogens is 315 g/mol. The molecule has 2 amide bonds. The first-order valence-corrected chi connectivity index (χ1v) is 7.43.